The molecule has 2 aromatic carbocycles. The molecule has 140 valence electrons. The van der Waals surface area contributed by atoms with E-state index in [-0.39, 0.29) is 6.61 Å². The van der Waals surface area contributed by atoms with Crippen LogP contribution in [0, 0.1) is 0 Å². The lowest BCUT2D eigenvalue weighted by molar-refractivity contribution is 0.0527. The van der Waals surface area contributed by atoms with Gasteiger partial charge in [0.1, 0.15) is 22.8 Å². The van der Waals surface area contributed by atoms with Crippen LogP contribution >= 0.6 is 11.6 Å². The van der Waals surface area contributed by atoms with Crippen molar-refractivity contribution < 1.29 is 18.4 Å². The Bertz CT molecular complexity index is 1080. The summed E-state index contributed by atoms with van der Waals surface area (Å²) >= 11 is 6.04. The molecule has 0 amide bonds. The van der Waals surface area contributed by atoms with E-state index in [1.807, 2.05) is 42.5 Å². The molecular formula is C23H17ClO4. The molecule has 28 heavy (non-hydrogen) atoms. The molecule has 0 N–H and O–H groups in total. The number of hydrogen-bond donors (Lipinski definition) is 0. The van der Waals surface area contributed by atoms with Gasteiger partial charge in [-0.1, -0.05) is 41.9 Å². The Morgan fingerprint density at radius 3 is 2.29 bits per heavy atom. The van der Waals surface area contributed by atoms with Crippen molar-refractivity contribution in [2.75, 3.05) is 6.61 Å². The van der Waals surface area contributed by atoms with Crippen molar-refractivity contribution in [3.63, 3.8) is 0 Å². The maximum atomic E-state index is 12.9. The first-order valence-electron chi connectivity index (χ1n) is 8.88. The van der Waals surface area contributed by atoms with Crippen molar-refractivity contribution in [2.24, 2.45) is 0 Å². The van der Waals surface area contributed by atoms with Gasteiger partial charge in [-0.05, 0) is 43.3 Å². The summed E-state index contributed by atoms with van der Waals surface area (Å²) in [6.07, 6.45) is 1.56. The number of halogens is 1. The Morgan fingerprint density at radius 1 is 0.929 bits per heavy atom. The molecule has 0 saturated carbocycles. The number of carbonyl (C=O) groups is 1. The zero-order valence-corrected chi connectivity index (χ0v) is 15.9. The van der Waals surface area contributed by atoms with E-state index in [9.17, 15) is 4.79 Å². The fraction of sp³-hybridized carbons (Fsp3) is 0.0870. The van der Waals surface area contributed by atoms with Gasteiger partial charge in [-0.2, -0.15) is 0 Å². The Balaban J connectivity index is 2.03. The van der Waals surface area contributed by atoms with Crippen LogP contribution in [0.4, 0.5) is 0 Å². The van der Waals surface area contributed by atoms with E-state index in [0.29, 0.717) is 33.4 Å². The minimum Gasteiger partial charge on any atom is -0.464 e. The van der Waals surface area contributed by atoms with Crippen molar-refractivity contribution >= 4 is 17.6 Å². The van der Waals surface area contributed by atoms with Crippen LogP contribution < -0.4 is 0 Å². The van der Waals surface area contributed by atoms with Gasteiger partial charge < -0.3 is 13.6 Å². The van der Waals surface area contributed by atoms with Gasteiger partial charge in [0.2, 0.25) is 0 Å². The van der Waals surface area contributed by atoms with Gasteiger partial charge in [0.05, 0.1) is 18.4 Å². The molecular weight excluding hydrogens is 376 g/mol. The number of ether oxygens (including phenoxy) is 1. The van der Waals surface area contributed by atoms with Crippen LogP contribution in [-0.4, -0.2) is 12.6 Å². The molecule has 0 saturated heterocycles. The van der Waals surface area contributed by atoms with Gasteiger partial charge in [0.15, 0.2) is 0 Å². The number of rotatable bonds is 5. The van der Waals surface area contributed by atoms with Crippen LogP contribution in [0.2, 0.25) is 5.02 Å². The van der Waals surface area contributed by atoms with Gasteiger partial charge in [0, 0.05) is 16.1 Å². The predicted molar refractivity (Wildman–Crippen MR) is 108 cm³/mol. The van der Waals surface area contributed by atoms with Crippen LogP contribution in [0.15, 0.2) is 81.8 Å². The smallest absolute Gasteiger partial charge is 0.342 e. The maximum Gasteiger partial charge on any atom is 0.342 e. The number of benzene rings is 2. The third-order valence-electron chi connectivity index (χ3n) is 4.30. The molecule has 0 unspecified atom stereocenters. The fourth-order valence-electron chi connectivity index (χ4n) is 3.08. The van der Waals surface area contributed by atoms with Gasteiger partial charge in [-0.25, -0.2) is 4.79 Å². The highest BCUT2D eigenvalue weighted by Gasteiger charge is 2.30. The molecule has 5 heteroatoms. The zero-order chi connectivity index (χ0) is 19.5. The minimum absolute atomic E-state index is 0.256. The molecule has 0 radical (unpaired) electrons. The molecule has 4 nitrogen and oxygen atoms in total. The highest BCUT2D eigenvalue weighted by atomic mass is 35.5. The molecule has 0 aliphatic carbocycles. The average molecular weight is 393 g/mol. The first kappa shape index (κ1) is 18.1. The van der Waals surface area contributed by atoms with Crippen molar-refractivity contribution in [3.05, 3.63) is 83.6 Å². The lowest BCUT2D eigenvalue weighted by Crippen LogP contribution is -2.06. The predicted octanol–water partition coefficient (Wildman–Crippen LogP) is 6.70. The van der Waals surface area contributed by atoms with Crippen LogP contribution in [0.1, 0.15) is 17.3 Å². The molecule has 2 aromatic heterocycles. The molecule has 0 bridgehead atoms. The summed E-state index contributed by atoms with van der Waals surface area (Å²) < 4.78 is 17.2. The normalized spacial score (nSPS) is 10.8. The van der Waals surface area contributed by atoms with Crippen LogP contribution in [0.5, 0.6) is 0 Å². The molecule has 4 rings (SSSR count). The molecule has 0 fully saturated rings. The molecule has 2 heterocycles. The summed E-state index contributed by atoms with van der Waals surface area (Å²) in [5.74, 6) is 1.03. The second-order valence-electron chi connectivity index (χ2n) is 6.08. The number of hydrogen-bond acceptors (Lipinski definition) is 4. The van der Waals surface area contributed by atoms with Gasteiger partial charge in [0.25, 0.3) is 0 Å². The number of furan rings is 2. The second kappa shape index (κ2) is 7.79. The van der Waals surface area contributed by atoms with Crippen molar-refractivity contribution in [1.82, 2.24) is 0 Å². The lowest BCUT2D eigenvalue weighted by Gasteiger charge is -2.05. The Hall–Kier alpha value is -3.24. The average Bonchev–Trinajstić information content (AvgIpc) is 3.37. The highest BCUT2D eigenvalue weighted by molar-refractivity contribution is 6.30. The second-order valence-corrected chi connectivity index (χ2v) is 6.52. The third-order valence-corrected chi connectivity index (χ3v) is 4.55. The van der Waals surface area contributed by atoms with Crippen molar-refractivity contribution in [1.29, 1.82) is 0 Å². The Morgan fingerprint density at radius 2 is 1.64 bits per heavy atom. The summed E-state index contributed by atoms with van der Waals surface area (Å²) in [5.41, 5.74) is 2.46. The number of carbonyl (C=O) groups excluding carboxylic acids is 1. The van der Waals surface area contributed by atoms with Crippen molar-refractivity contribution in [3.8, 4) is 34.0 Å². The summed E-state index contributed by atoms with van der Waals surface area (Å²) in [6, 6.07) is 20.3. The third kappa shape index (κ3) is 3.35. The van der Waals surface area contributed by atoms with Gasteiger partial charge in [-0.3, -0.25) is 0 Å². The first-order valence-corrected chi connectivity index (χ1v) is 9.26. The summed E-state index contributed by atoms with van der Waals surface area (Å²) in [6.45, 7) is 2.03. The van der Waals surface area contributed by atoms with Gasteiger partial charge >= 0.3 is 5.97 Å². The van der Waals surface area contributed by atoms with Crippen LogP contribution in [0.25, 0.3) is 34.0 Å². The summed E-state index contributed by atoms with van der Waals surface area (Å²) in [7, 11) is 0. The monoisotopic (exact) mass is 392 g/mol. The van der Waals surface area contributed by atoms with Gasteiger partial charge in [-0.15, -0.1) is 0 Å². The molecule has 0 spiro atoms. The SMILES string of the molecule is CCOC(=O)c1c(-c2ccccc2)oc(-c2ccc(Cl)cc2)c1-c1ccco1. The molecule has 0 aliphatic rings. The van der Waals surface area contributed by atoms with E-state index in [1.165, 1.54) is 0 Å². The standard InChI is InChI=1S/C23H17ClO4/c1-2-26-23(25)20-19(18-9-6-14-27-18)21(16-10-12-17(24)13-11-16)28-22(20)15-7-4-3-5-8-15/h3-14H,2H2,1H3. The van der Waals surface area contributed by atoms with Crippen LogP contribution in [-0.2, 0) is 4.74 Å². The first-order chi connectivity index (χ1) is 13.7. The van der Waals surface area contributed by atoms with Crippen molar-refractivity contribution in [2.45, 2.75) is 6.92 Å². The van der Waals surface area contributed by atoms with E-state index in [4.69, 9.17) is 25.2 Å². The van der Waals surface area contributed by atoms with E-state index >= 15 is 0 Å². The largest absolute Gasteiger partial charge is 0.464 e. The van der Waals surface area contributed by atoms with E-state index < -0.39 is 5.97 Å². The van der Waals surface area contributed by atoms with E-state index in [1.54, 1.807) is 37.5 Å². The fourth-order valence-corrected chi connectivity index (χ4v) is 3.21. The summed E-state index contributed by atoms with van der Waals surface area (Å²) in [4.78, 5) is 12.9. The topological polar surface area (TPSA) is 52.6 Å². The molecule has 0 atom stereocenters. The highest BCUT2D eigenvalue weighted by Crippen LogP contribution is 2.43. The zero-order valence-electron chi connectivity index (χ0n) is 15.1. The van der Waals surface area contributed by atoms with Crippen LogP contribution in [0.3, 0.4) is 0 Å². The quantitative estimate of drug-likeness (QED) is 0.354. The molecule has 0 aliphatic heterocycles. The Labute approximate surface area is 167 Å². The van der Waals surface area contributed by atoms with E-state index in [0.717, 1.165) is 11.1 Å². The van der Waals surface area contributed by atoms with E-state index in [2.05, 4.69) is 0 Å². The Kier molecular flexibility index (Phi) is 5.04. The minimum atomic E-state index is -0.461. The maximum absolute atomic E-state index is 12.9. The summed E-state index contributed by atoms with van der Waals surface area (Å²) in [5, 5.41) is 0.615. The number of esters is 1. The lowest BCUT2D eigenvalue weighted by atomic mass is 9.99. The molecule has 4 aromatic rings.